The minimum Gasteiger partial charge on any atom is -0.445 e. The molecule has 0 heterocycles. The van der Waals surface area contributed by atoms with Crippen LogP contribution in [-0.4, -0.2) is 38.3 Å². The number of amides is 3. The lowest BCUT2D eigenvalue weighted by Gasteiger charge is -2.05. The Kier molecular flexibility index (Phi) is 18.1. The van der Waals surface area contributed by atoms with Crippen LogP contribution in [0.25, 0.3) is 0 Å². The molecular formula is C17H30N4O5. The molecule has 0 saturated carbocycles. The number of hydrogen-bond donors (Lipinski definition) is 4. The first-order chi connectivity index (χ1) is 12.4. The number of ether oxygens (including phenoxy) is 2. The first-order valence-corrected chi connectivity index (χ1v) is 8.19. The number of carbonyl (C=O) groups is 3. The van der Waals surface area contributed by atoms with E-state index in [-0.39, 0.29) is 19.9 Å². The van der Waals surface area contributed by atoms with E-state index in [2.05, 4.69) is 29.2 Å². The topological polar surface area (TPSA) is 146 Å². The highest BCUT2D eigenvalue weighted by Gasteiger charge is 1.99. The first kappa shape index (κ1) is 25.4. The summed E-state index contributed by atoms with van der Waals surface area (Å²) in [7, 11) is 0. The van der Waals surface area contributed by atoms with E-state index in [1.54, 1.807) is 12.1 Å². The third-order valence-electron chi connectivity index (χ3n) is 2.18. The van der Waals surface area contributed by atoms with Crippen LogP contribution in [0.5, 0.6) is 0 Å². The van der Waals surface area contributed by atoms with Crippen molar-refractivity contribution in [1.82, 2.24) is 10.6 Å². The number of alkyl carbamates (subject to hydrolysis) is 1. The molecule has 0 aliphatic heterocycles. The van der Waals surface area contributed by atoms with Crippen LogP contribution in [0.1, 0.15) is 32.8 Å². The van der Waals surface area contributed by atoms with Crippen molar-refractivity contribution in [2.24, 2.45) is 5.73 Å². The number of hydrogen-bond acceptors (Lipinski definition) is 6. The highest BCUT2D eigenvalue weighted by molar-refractivity contribution is 5.75. The zero-order valence-electron chi connectivity index (χ0n) is 15.6. The van der Waals surface area contributed by atoms with Crippen LogP contribution in [0, 0.1) is 0 Å². The Labute approximate surface area is 154 Å². The molecule has 0 unspecified atom stereocenters. The fourth-order valence-electron chi connectivity index (χ4n) is 1.20. The Bertz CT molecular complexity index is 494. The Morgan fingerprint density at radius 1 is 1.15 bits per heavy atom. The fraction of sp³-hybridized carbons (Fsp3) is 0.471. The van der Waals surface area contributed by atoms with Gasteiger partial charge in [-0.25, -0.2) is 4.79 Å². The van der Waals surface area contributed by atoms with Gasteiger partial charge in [-0.05, 0) is 24.6 Å². The van der Waals surface area contributed by atoms with Crippen molar-refractivity contribution in [1.29, 1.82) is 0 Å². The Hall–Kier alpha value is -2.81. The number of primary amides is 1. The van der Waals surface area contributed by atoms with Crippen molar-refractivity contribution in [2.45, 2.75) is 33.8 Å². The van der Waals surface area contributed by atoms with Gasteiger partial charge in [0, 0.05) is 12.2 Å². The molecule has 0 aromatic heterocycles. The summed E-state index contributed by atoms with van der Waals surface area (Å²) >= 11 is 0. The van der Waals surface area contributed by atoms with E-state index >= 15 is 0 Å². The van der Waals surface area contributed by atoms with Crippen molar-refractivity contribution in [3.63, 3.8) is 0 Å². The van der Waals surface area contributed by atoms with Crippen LogP contribution in [-0.2, 0) is 25.7 Å². The molecule has 0 spiro atoms. The molecule has 1 rings (SSSR count). The van der Waals surface area contributed by atoms with Crippen LogP contribution in [0.2, 0.25) is 0 Å². The maximum absolute atomic E-state index is 10.9. The van der Waals surface area contributed by atoms with Gasteiger partial charge in [0.25, 0.3) is 0 Å². The minimum atomic E-state index is -0.553. The van der Waals surface area contributed by atoms with E-state index in [1.807, 2.05) is 19.1 Å². The molecule has 0 saturated heterocycles. The summed E-state index contributed by atoms with van der Waals surface area (Å²) in [6.45, 7) is 6.78. The molecule has 148 valence electrons. The summed E-state index contributed by atoms with van der Waals surface area (Å²) in [5, 5.41) is 4.73. The summed E-state index contributed by atoms with van der Waals surface area (Å²) in [6, 6.07) is 7.20. The number of nitrogens with two attached hydrogens (primary N) is 2. The van der Waals surface area contributed by atoms with Crippen LogP contribution < -0.4 is 22.1 Å². The van der Waals surface area contributed by atoms with E-state index < -0.39 is 12.0 Å². The number of nitrogen functional groups attached to an aromatic ring is 1. The smallest absolute Gasteiger partial charge is 0.407 e. The van der Waals surface area contributed by atoms with Crippen LogP contribution in [0.3, 0.4) is 0 Å². The molecule has 6 N–H and O–H groups in total. The molecule has 0 fully saturated rings. The zero-order chi connectivity index (χ0) is 20.2. The molecule has 0 aliphatic carbocycles. The van der Waals surface area contributed by atoms with Gasteiger partial charge in [0.15, 0.2) is 0 Å². The number of anilines is 1. The van der Waals surface area contributed by atoms with Gasteiger partial charge in [0.1, 0.15) is 19.9 Å². The average molecular weight is 370 g/mol. The largest absolute Gasteiger partial charge is 0.445 e. The van der Waals surface area contributed by atoms with E-state index in [1.165, 1.54) is 6.42 Å². The maximum atomic E-state index is 10.9. The normalized spacial score (nSPS) is 8.73. The number of benzene rings is 1. The summed E-state index contributed by atoms with van der Waals surface area (Å²) in [5.74, 6) is -0.553. The average Bonchev–Trinajstić information content (AvgIpc) is 2.60. The Morgan fingerprint density at radius 3 is 2.19 bits per heavy atom. The molecule has 1 aromatic carbocycles. The van der Waals surface area contributed by atoms with Gasteiger partial charge in [0.2, 0.25) is 12.3 Å². The van der Waals surface area contributed by atoms with Crippen molar-refractivity contribution in [3.05, 3.63) is 29.8 Å². The molecule has 26 heavy (non-hydrogen) atoms. The van der Waals surface area contributed by atoms with Gasteiger partial charge in [-0.15, -0.1) is 0 Å². The standard InChI is InChI=1S/C10H14N2O2.C4H8N2O3.C3H8/c1-2-12-10(13)14-7-8-3-5-9(11)6-4-8;5-4(8)1-9-3-6-2-7;1-3-2/h3-6H,2,7,11H2,1H3,(H,12,13);2H,1,3H2,(H2,5,8)(H,6,7);3H2,1-2H3. The van der Waals surface area contributed by atoms with Crippen LogP contribution in [0.15, 0.2) is 24.3 Å². The van der Waals surface area contributed by atoms with E-state index in [0.717, 1.165) is 5.56 Å². The zero-order valence-corrected chi connectivity index (χ0v) is 15.6. The summed E-state index contributed by atoms with van der Waals surface area (Å²) in [6.07, 6.45) is 1.32. The van der Waals surface area contributed by atoms with Crippen LogP contribution in [0.4, 0.5) is 10.5 Å². The molecule has 9 nitrogen and oxygen atoms in total. The lowest BCUT2D eigenvalue weighted by atomic mass is 10.2. The number of rotatable bonds is 8. The second-order valence-corrected chi connectivity index (χ2v) is 4.84. The van der Waals surface area contributed by atoms with Crippen molar-refractivity contribution >= 4 is 24.1 Å². The molecule has 9 heteroatoms. The predicted molar refractivity (Wildman–Crippen MR) is 99.9 cm³/mol. The molecule has 3 amide bonds. The first-order valence-electron chi connectivity index (χ1n) is 8.19. The van der Waals surface area contributed by atoms with Gasteiger partial charge in [-0.1, -0.05) is 32.4 Å². The fourth-order valence-corrected chi connectivity index (χ4v) is 1.20. The molecule has 1 aromatic rings. The highest BCUT2D eigenvalue weighted by Crippen LogP contribution is 2.06. The van der Waals surface area contributed by atoms with Crippen molar-refractivity contribution < 1.29 is 23.9 Å². The molecule has 0 bridgehead atoms. The van der Waals surface area contributed by atoms with Gasteiger partial charge >= 0.3 is 6.09 Å². The lowest BCUT2D eigenvalue weighted by Crippen LogP contribution is -2.23. The highest BCUT2D eigenvalue weighted by atomic mass is 16.5. The second-order valence-electron chi connectivity index (χ2n) is 4.84. The Morgan fingerprint density at radius 2 is 1.73 bits per heavy atom. The second kappa shape index (κ2) is 18.5. The minimum absolute atomic E-state index is 0.0203. The molecular weight excluding hydrogens is 340 g/mol. The van der Waals surface area contributed by atoms with E-state index in [0.29, 0.717) is 18.6 Å². The number of nitrogens with one attached hydrogen (secondary N) is 2. The number of carbonyl (C=O) groups excluding carboxylic acids is 3. The maximum Gasteiger partial charge on any atom is 0.407 e. The third kappa shape index (κ3) is 19.2. The predicted octanol–water partition coefficient (Wildman–Crippen LogP) is 1.12. The monoisotopic (exact) mass is 370 g/mol. The lowest BCUT2D eigenvalue weighted by molar-refractivity contribution is -0.123. The van der Waals surface area contributed by atoms with E-state index in [9.17, 15) is 14.4 Å². The third-order valence-corrected chi connectivity index (χ3v) is 2.18. The molecule has 0 radical (unpaired) electrons. The summed E-state index contributed by atoms with van der Waals surface area (Å²) in [4.78, 5) is 30.4. The summed E-state index contributed by atoms with van der Waals surface area (Å²) < 4.78 is 9.44. The van der Waals surface area contributed by atoms with Gasteiger partial charge in [-0.3, -0.25) is 9.59 Å². The SMILES string of the molecule is CCC.CCNC(=O)OCc1ccc(N)cc1.NC(=O)COCNC=O. The van der Waals surface area contributed by atoms with Gasteiger partial charge in [-0.2, -0.15) is 0 Å². The van der Waals surface area contributed by atoms with Gasteiger partial charge < -0.3 is 31.6 Å². The molecule has 0 atom stereocenters. The van der Waals surface area contributed by atoms with Crippen LogP contribution >= 0.6 is 0 Å². The van der Waals surface area contributed by atoms with Gasteiger partial charge in [0.05, 0.1) is 0 Å². The van der Waals surface area contributed by atoms with Crippen molar-refractivity contribution in [3.8, 4) is 0 Å². The Balaban J connectivity index is 0. The van der Waals surface area contributed by atoms with E-state index in [4.69, 9.17) is 16.2 Å². The quantitative estimate of drug-likeness (QED) is 0.233. The molecule has 0 aliphatic rings. The summed E-state index contributed by atoms with van der Waals surface area (Å²) in [5.41, 5.74) is 11.8. The van der Waals surface area contributed by atoms with Crippen molar-refractivity contribution in [2.75, 3.05) is 25.6 Å².